The molecule has 0 atom stereocenters. The number of anilines is 1. The third-order valence-electron chi connectivity index (χ3n) is 4.25. The Balaban J connectivity index is 1.48. The van der Waals surface area contributed by atoms with Crippen LogP contribution in [0.3, 0.4) is 0 Å². The van der Waals surface area contributed by atoms with E-state index in [4.69, 9.17) is 9.47 Å². The zero-order valence-corrected chi connectivity index (χ0v) is 18.3. The lowest BCUT2D eigenvalue weighted by atomic mass is 10.2. The number of nitrogens with one attached hydrogen (secondary N) is 1. The van der Waals surface area contributed by atoms with Crippen molar-refractivity contribution in [1.29, 1.82) is 0 Å². The Morgan fingerprint density at radius 1 is 1.17 bits per heavy atom. The number of hydrazone groups is 1. The zero-order chi connectivity index (χ0) is 20.9. The molecule has 0 unspecified atom stereocenters. The molecule has 1 N–H and O–H groups in total. The topological polar surface area (TPSA) is 55.7 Å². The Morgan fingerprint density at radius 2 is 1.97 bits per heavy atom. The van der Waals surface area contributed by atoms with Crippen molar-refractivity contribution in [3.8, 4) is 11.5 Å². The van der Waals surface area contributed by atoms with Crippen LogP contribution in [0.5, 0.6) is 11.5 Å². The summed E-state index contributed by atoms with van der Waals surface area (Å²) in [6.07, 6.45) is 1.67. The van der Waals surface area contributed by atoms with Crippen molar-refractivity contribution in [3.63, 3.8) is 0 Å². The smallest absolute Gasteiger partial charge is 0.204 e. The van der Waals surface area contributed by atoms with Gasteiger partial charge in [-0.25, -0.2) is 9.37 Å². The largest absolute Gasteiger partial charge is 0.493 e. The maximum Gasteiger partial charge on any atom is 0.204 e. The number of aromatic nitrogens is 1. The van der Waals surface area contributed by atoms with Crippen molar-refractivity contribution in [1.82, 2.24) is 4.98 Å². The van der Waals surface area contributed by atoms with E-state index in [2.05, 4.69) is 31.4 Å². The predicted octanol–water partition coefficient (Wildman–Crippen LogP) is 6.23. The molecule has 0 amide bonds. The number of ether oxygens (including phenoxy) is 2. The molecule has 0 saturated carbocycles. The number of benzene rings is 3. The van der Waals surface area contributed by atoms with Crippen molar-refractivity contribution >= 4 is 48.8 Å². The monoisotopic (exact) mass is 485 g/mol. The van der Waals surface area contributed by atoms with Gasteiger partial charge in [-0.3, -0.25) is 5.43 Å². The Bertz CT molecular complexity index is 1180. The lowest BCUT2D eigenvalue weighted by Gasteiger charge is -2.13. The van der Waals surface area contributed by atoms with Crippen LogP contribution in [-0.4, -0.2) is 18.3 Å². The number of fused-ring (bicyclic) bond motifs is 1. The highest BCUT2D eigenvalue weighted by Gasteiger charge is 2.12. The molecule has 0 aliphatic rings. The maximum atomic E-state index is 13.8. The second-order valence-electron chi connectivity index (χ2n) is 6.27. The van der Waals surface area contributed by atoms with Crippen LogP contribution < -0.4 is 14.9 Å². The minimum Gasteiger partial charge on any atom is -0.493 e. The molecular weight excluding hydrogens is 469 g/mol. The molecule has 152 valence electrons. The van der Waals surface area contributed by atoms with E-state index in [9.17, 15) is 4.39 Å². The fraction of sp³-hybridized carbons (Fsp3) is 0.0909. The number of nitrogens with zero attached hydrogens (tertiary/aromatic N) is 2. The van der Waals surface area contributed by atoms with Gasteiger partial charge in [0.05, 0.1) is 28.0 Å². The standard InChI is InChI=1S/C22H17BrFN3O2S/c1-28-19-11-14(12-25-27-22-26-18-8-4-5-9-20(18)30-22)10-16(23)21(19)29-13-15-6-2-3-7-17(15)24/h2-12H,13H2,1H3,(H,26,27)/b25-12-. The molecule has 5 nitrogen and oxygen atoms in total. The zero-order valence-electron chi connectivity index (χ0n) is 15.9. The molecule has 0 spiro atoms. The van der Waals surface area contributed by atoms with E-state index in [-0.39, 0.29) is 12.4 Å². The molecule has 0 radical (unpaired) electrons. The summed E-state index contributed by atoms with van der Waals surface area (Å²) in [5.41, 5.74) is 5.15. The van der Waals surface area contributed by atoms with Gasteiger partial charge in [0, 0.05) is 5.56 Å². The van der Waals surface area contributed by atoms with Gasteiger partial charge in [-0.1, -0.05) is 41.7 Å². The van der Waals surface area contributed by atoms with Gasteiger partial charge in [-0.15, -0.1) is 0 Å². The molecule has 4 rings (SSSR count). The Hall–Kier alpha value is -2.97. The van der Waals surface area contributed by atoms with Crippen LogP contribution in [0.25, 0.3) is 10.2 Å². The minimum absolute atomic E-state index is 0.0915. The van der Waals surface area contributed by atoms with E-state index in [1.54, 1.807) is 37.6 Å². The lowest BCUT2D eigenvalue weighted by Crippen LogP contribution is -2.01. The molecule has 0 saturated heterocycles. The number of hydrogen-bond donors (Lipinski definition) is 1. The van der Waals surface area contributed by atoms with E-state index < -0.39 is 0 Å². The van der Waals surface area contributed by atoms with Crippen LogP contribution in [0.15, 0.2) is 70.2 Å². The van der Waals surface area contributed by atoms with Crippen molar-refractivity contribution in [2.24, 2.45) is 5.10 Å². The van der Waals surface area contributed by atoms with Gasteiger partial charge in [0.25, 0.3) is 0 Å². The van der Waals surface area contributed by atoms with Crippen molar-refractivity contribution in [2.45, 2.75) is 6.61 Å². The quantitative estimate of drug-likeness (QED) is 0.249. The number of rotatable bonds is 7. The highest BCUT2D eigenvalue weighted by Crippen LogP contribution is 2.37. The molecule has 1 heterocycles. The number of halogens is 2. The summed E-state index contributed by atoms with van der Waals surface area (Å²) < 4.78 is 26.9. The number of thiazole rings is 1. The van der Waals surface area contributed by atoms with E-state index in [1.165, 1.54) is 17.4 Å². The molecule has 0 aliphatic heterocycles. The van der Waals surface area contributed by atoms with Crippen molar-refractivity contribution < 1.29 is 13.9 Å². The molecule has 0 aliphatic carbocycles. The first-order chi connectivity index (χ1) is 14.6. The molecule has 8 heteroatoms. The average molecular weight is 486 g/mol. The van der Waals surface area contributed by atoms with E-state index >= 15 is 0 Å². The second-order valence-corrected chi connectivity index (χ2v) is 8.16. The molecule has 1 aromatic heterocycles. The van der Waals surface area contributed by atoms with Crippen LogP contribution in [0.4, 0.5) is 9.52 Å². The van der Waals surface area contributed by atoms with Crippen LogP contribution >= 0.6 is 27.3 Å². The molecular formula is C22H17BrFN3O2S. The van der Waals surface area contributed by atoms with Gasteiger partial charge in [-0.2, -0.15) is 5.10 Å². The van der Waals surface area contributed by atoms with Crippen molar-refractivity contribution in [2.75, 3.05) is 12.5 Å². The maximum absolute atomic E-state index is 13.8. The third kappa shape index (κ3) is 4.60. The van der Waals surface area contributed by atoms with Crippen molar-refractivity contribution in [3.05, 3.63) is 82.1 Å². The summed E-state index contributed by atoms with van der Waals surface area (Å²) >= 11 is 5.03. The Morgan fingerprint density at radius 3 is 2.77 bits per heavy atom. The summed E-state index contributed by atoms with van der Waals surface area (Å²) in [4.78, 5) is 4.48. The molecule has 0 fully saturated rings. The summed E-state index contributed by atoms with van der Waals surface area (Å²) in [5.74, 6) is 0.705. The van der Waals surface area contributed by atoms with E-state index in [1.807, 2.05) is 30.3 Å². The molecule has 4 aromatic rings. The van der Waals surface area contributed by atoms with Gasteiger partial charge in [0.2, 0.25) is 5.13 Å². The fourth-order valence-corrected chi connectivity index (χ4v) is 4.19. The van der Waals surface area contributed by atoms with Crippen LogP contribution in [0.1, 0.15) is 11.1 Å². The van der Waals surface area contributed by atoms with Crippen LogP contribution in [0, 0.1) is 5.82 Å². The Labute approximate surface area is 185 Å². The lowest BCUT2D eigenvalue weighted by molar-refractivity contribution is 0.278. The first-order valence-electron chi connectivity index (χ1n) is 9.02. The highest BCUT2D eigenvalue weighted by atomic mass is 79.9. The third-order valence-corrected chi connectivity index (χ3v) is 5.78. The summed E-state index contributed by atoms with van der Waals surface area (Å²) in [6.45, 7) is 0.0915. The second kappa shape index (κ2) is 9.23. The molecule has 0 bridgehead atoms. The first kappa shape index (κ1) is 20.3. The van der Waals surface area contributed by atoms with Gasteiger partial charge in [0.1, 0.15) is 12.4 Å². The minimum atomic E-state index is -0.308. The van der Waals surface area contributed by atoms with Crippen LogP contribution in [0.2, 0.25) is 0 Å². The van der Waals surface area contributed by atoms with Crippen LogP contribution in [-0.2, 0) is 6.61 Å². The average Bonchev–Trinajstić information content (AvgIpc) is 3.16. The predicted molar refractivity (Wildman–Crippen MR) is 122 cm³/mol. The van der Waals surface area contributed by atoms with Gasteiger partial charge in [0.15, 0.2) is 11.5 Å². The van der Waals surface area contributed by atoms with E-state index in [0.29, 0.717) is 26.7 Å². The Kier molecular flexibility index (Phi) is 6.25. The molecule has 30 heavy (non-hydrogen) atoms. The summed E-state index contributed by atoms with van der Waals surface area (Å²) in [5, 5.41) is 4.98. The summed E-state index contributed by atoms with van der Waals surface area (Å²) in [6, 6.07) is 18.1. The SMILES string of the molecule is COc1cc(/C=N\Nc2nc3ccccc3s2)cc(Br)c1OCc1ccccc1F. The van der Waals surface area contributed by atoms with Gasteiger partial charge < -0.3 is 9.47 Å². The normalized spacial score (nSPS) is 11.2. The number of methoxy groups -OCH3 is 1. The highest BCUT2D eigenvalue weighted by molar-refractivity contribution is 9.10. The van der Waals surface area contributed by atoms with Gasteiger partial charge in [-0.05, 0) is 51.8 Å². The first-order valence-corrected chi connectivity index (χ1v) is 10.6. The van der Waals surface area contributed by atoms with Gasteiger partial charge >= 0.3 is 0 Å². The number of para-hydroxylation sites is 1. The fourth-order valence-electron chi connectivity index (χ4n) is 2.80. The number of hydrogen-bond acceptors (Lipinski definition) is 6. The molecule has 3 aromatic carbocycles. The summed E-state index contributed by atoms with van der Waals surface area (Å²) in [7, 11) is 1.55. The van der Waals surface area contributed by atoms with E-state index in [0.717, 1.165) is 15.8 Å².